The molecule has 2 N–H and O–H groups in total. The Morgan fingerprint density at radius 1 is 1.14 bits per heavy atom. The summed E-state index contributed by atoms with van der Waals surface area (Å²) in [6, 6.07) is 8.83. The predicted octanol–water partition coefficient (Wildman–Crippen LogP) is 3.66. The molecule has 0 bridgehead atoms. The van der Waals surface area contributed by atoms with Gasteiger partial charge >= 0.3 is 0 Å². The Kier molecular flexibility index (Phi) is 3.25. The van der Waals surface area contributed by atoms with Crippen molar-refractivity contribution in [2.24, 2.45) is 0 Å². The Morgan fingerprint density at radius 2 is 1.95 bits per heavy atom. The standard InChI is InChI=1S/C16H15FN2O2/c1-2-7-19-14-6-3-10(17)8-13(14)18-16(19)12-5-4-11(20)9-15(12)21/h3-6,8-9,20-21H,2,7H2,1H3. The summed E-state index contributed by atoms with van der Waals surface area (Å²) in [6.07, 6.45) is 0.884. The maximum Gasteiger partial charge on any atom is 0.144 e. The number of hydrogen-bond acceptors (Lipinski definition) is 3. The molecule has 0 amide bonds. The normalized spacial score (nSPS) is 11.1. The first-order valence-corrected chi connectivity index (χ1v) is 6.78. The average molecular weight is 286 g/mol. The molecule has 108 valence electrons. The van der Waals surface area contributed by atoms with Crippen molar-refractivity contribution in [3.05, 3.63) is 42.2 Å². The number of aromatic nitrogens is 2. The molecule has 0 spiro atoms. The van der Waals surface area contributed by atoms with Crippen LogP contribution >= 0.6 is 0 Å². The second-order valence-corrected chi connectivity index (χ2v) is 4.92. The van der Waals surface area contributed by atoms with Gasteiger partial charge in [-0.1, -0.05) is 6.92 Å². The van der Waals surface area contributed by atoms with E-state index >= 15 is 0 Å². The molecular weight excluding hydrogens is 271 g/mol. The number of hydrogen-bond donors (Lipinski definition) is 2. The number of benzene rings is 2. The van der Waals surface area contributed by atoms with E-state index in [0.717, 1.165) is 11.9 Å². The fraction of sp³-hybridized carbons (Fsp3) is 0.188. The number of halogens is 1. The molecule has 0 saturated heterocycles. The van der Waals surface area contributed by atoms with Crippen LogP contribution in [0.2, 0.25) is 0 Å². The Morgan fingerprint density at radius 3 is 2.67 bits per heavy atom. The summed E-state index contributed by atoms with van der Waals surface area (Å²) in [5.41, 5.74) is 1.88. The van der Waals surface area contributed by atoms with Crippen LogP contribution in [0.15, 0.2) is 36.4 Å². The lowest BCUT2D eigenvalue weighted by Gasteiger charge is -2.09. The van der Waals surface area contributed by atoms with Crippen LogP contribution in [0.25, 0.3) is 22.4 Å². The van der Waals surface area contributed by atoms with E-state index < -0.39 is 0 Å². The second-order valence-electron chi connectivity index (χ2n) is 4.92. The third kappa shape index (κ3) is 2.31. The predicted molar refractivity (Wildman–Crippen MR) is 78.7 cm³/mol. The van der Waals surface area contributed by atoms with Crippen LogP contribution in [0.5, 0.6) is 11.5 Å². The van der Waals surface area contributed by atoms with Crippen molar-refractivity contribution >= 4 is 11.0 Å². The molecule has 3 rings (SSSR count). The molecule has 0 aliphatic rings. The minimum atomic E-state index is -0.342. The van der Waals surface area contributed by atoms with Crippen molar-refractivity contribution in [1.82, 2.24) is 9.55 Å². The Balaban J connectivity index is 2.27. The van der Waals surface area contributed by atoms with Gasteiger partial charge in [-0.05, 0) is 30.7 Å². The van der Waals surface area contributed by atoms with E-state index in [9.17, 15) is 14.6 Å². The average Bonchev–Trinajstić information content (AvgIpc) is 2.77. The number of aromatic hydroxyl groups is 2. The zero-order valence-corrected chi connectivity index (χ0v) is 11.5. The summed E-state index contributed by atoms with van der Waals surface area (Å²) in [4.78, 5) is 4.43. The Hall–Kier alpha value is -2.56. The van der Waals surface area contributed by atoms with Crippen LogP contribution in [0, 0.1) is 5.82 Å². The molecule has 0 atom stereocenters. The zero-order chi connectivity index (χ0) is 15.0. The number of nitrogens with zero attached hydrogens (tertiary/aromatic N) is 2. The molecule has 1 heterocycles. The highest BCUT2D eigenvalue weighted by Gasteiger charge is 2.15. The highest BCUT2D eigenvalue weighted by Crippen LogP contribution is 2.33. The van der Waals surface area contributed by atoms with Crippen LogP contribution < -0.4 is 0 Å². The number of phenols is 2. The van der Waals surface area contributed by atoms with Crippen molar-refractivity contribution in [3.63, 3.8) is 0 Å². The first-order valence-electron chi connectivity index (χ1n) is 6.78. The summed E-state index contributed by atoms with van der Waals surface area (Å²) in [5, 5.41) is 19.4. The van der Waals surface area contributed by atoms with Gasteiger partial charge in [0.2, 0.25) is 0 Å². The minimum Gasteiger partial charge on any atom is -0.508 e. The molecular formula is C16H15FN2O2. The van der Waals surface area contributed by atoms with E-state index in [1.165, 1.54) is 24.3 Å². The number of imidazole rings is 1. The number of phenolic OH excluding ortho intramolecular Hbond substituents is 2. The van der Waals surface area contributed by atoms with Crippen LogP contribution in [0.4, 0.5) is 4.39 Å². The molecule has 0 unspecified atom stereocenters. The third-order valence-electron chi connectivity index (χ3n) is 3.38. The third-order valence-corrected chi connectivity index (χ3v) is 3.38. The van der Waals surface area contributed by atoms with Gasteiger partial charge < -0.3 is 14.8 Å². The van der Waals surface area contributed by atoms with E-state index in [0.29, 0.717) is 23.4 Å². The van der Waals surface area contributed by atoms with Crippen molar-refractivity contribution in [3.8, 4) is 22.9 Å². The van der Waals surface area contributed by atoms with Crippen molar-refractivity contribution in [1.29, 1.82) is 0 Å². The van der Waals surface area contributed by atoms with Gasteiger partial charge in [-0.3, -0.25) is 0 Å². The van der Waals surface area contributed by atoms with Crippen molar-refractivity contribution in [2.75, 3.05) is 0 Å². The fourth-order valence-electron chi connectivity index (χ4n) is 2.47. The smallest absolute Gasteiger partial charge is 0.144 e. The lowest BCUT2D eigenvalue weighted by Crippen LogP contribution is -1.99. The summed E-state index contributed by atoms with van der Waals surface area (Å²) in [5.74, 6) is 0.156. The van der Waals surface area contributed by atoms with Crippen LogP contribution in [0.1, 0.15) is 13.3 Å². The van der Waals surface area contributed by atoms with Crippen LogP contribution in [-0.4, -0.2) is 19.8 Å². The number of fused-ring (bicyclic) bond motifs is 1. The topological polar surface area (TPSA) is 58.3 Å². The molecule has 1 aromatic heterocycles. The van der Waals surface area contributed by atoms with Gasteiger partial charge in [0.15, 0.2) is 0 Å². The van der Waals surface area contributed by atoms with Gasteiger partial charge in [0.05, 0.1) is 16.6 Å². The van der Waals surface area contributed by atoms with Gasteiger partial charge in [0.1, 0.15) is 23.1 Å². The van der Waals surface area contributed by atoms with Gasteiger partial charge in [-0.15, -0.1) is 0 Å². The van der Waals surface area contributed by atoms with Gasteiger partial charge in [0, 0.05) is 18.7 Å². The highest BCUT2D eigenvalue weighted by atomic mass is 19.1. The molecule has 0 radical (unpaired) electrons. The molecule has 3 aromatic rings. The van der Waals surface area contributed by atoms with E-state index in [1.807, 2.05) is 11.5 Å². The van der Waals surface area contributed by atoms with Crippen molar-refractivity contribution in [2.45, 2.75) is 19.9 Å². The van der Waals surface area contributed by atoms with Crippen molar-refractivity contribution < 1.29 is 14.6 Å². The first kappa shape index (κ1) is 13.4. The number of aryl methyl sites for hydroxylation is 1. The monoisotopic (exact) mass is 286 g/mol. The fourth-order valence-corrected chi connectivity index (χ4v) is 2.47. The quantitative estimate of drug-likeness (QED) is 0.772. The Labute approximate surface area is 121 Å². The van der Waals surface area contributed by atoms with E-state index in [2.05, 4.69) is 4.98 Å². The van der Waals surface area contributed by atoms with Gasteiger partial charge in [0.25, 0.3) is 0 Å². The molecule has 0 aliphatic heterocycles. The maximum absolute atomic E-state index is 13.4. The zero-order valence-electron chi connectivity index (χ0n) is 11.5. The molecule has 0 saturated carbocycles. The highest BCUT2D eigenvalue weighted by molar-refractivity contribution is 5.82. The van der Waals surface area contributed by atoms with Gasteiger partial charge in [-0.2, -0.15) is 0 Å². The molecule has 0 fully saturated rings. The minimum absolute atomic E-state index is 0.0135. The summed E-state index contributed by atoms with van der Waals surface area (Å²) in [6.45, 7) is 2.74. The molecule has 4 nitrogen and oxygen atoms in total. The molecule has 2 aromatic carbocycles. The molecule has 21 heavy (non-hydrogen) atoms. The lowest BCUT2D eigenvalue weighted by molar-refractivity contribution is 0.451. The van der Waals surface area contributed by atoms with E-state index in [4.69, 9.17) is 0 Å². The summed E-state index contributed by atoms with van der Waals surface area (Å²) in [7, 11) is 0. The SMILES string of the molecule is CCCn1c(-c2ccc(O)cc2O)nc2cc(F)ccc21. The lowest BCUT2D eigenvalue weighted by atomic mass is 10.1. The Bertz CT molecular complexity index is 811. The summed E-state index contributed by atoms with van der Waals surface area (Å²) < 4.78 is 15.3. The summed E-state index contributed by atoms with van der Waals surface area (Å²) >= 11 is 0. The second kappa shape index (κ2) is 5.09. The largest absolute Gasteiger partial charge is 0.508 e. The molecule has 5 heteroatoms. The van der Waals surface area contributed by atoms with E-state index in [-0.39, 0.29) is 17.3 Å². The maximum atomic E-state index is 13.4. The van der Waals surface area contributed by atoms with Gasteiger partial charge in [-0.25, -0.2) is 9.37 Å². The van der Waals surface area contributed by atoms with Crippen LogP contribution in [0.3, 0.4) is 0 Å². The number of rotatable bonds is 3. The molecule has 0 aliphatic carbocycles. The van der Waals surface area contributed by atoms with Crippen LogP contribution in [-0.2, 0) is 6.54 Å². The first-order chi connectivity index (χ1) is 10.1. The van der Waals surface area contributed by atoms with E-state index in [1.54, 1.807) is 12.1 Å².